The lowest BCUT2D eigenvalue weighted by atomic mass is 9.97. The van der Waals surface area contributed by atoms with Gasteiger partial charge >= 0.3 is 6.36 Å². The molecule has 1 saturated carbocycles. The summed E-state index contributed by atoms with van der Waals surface area (Å²) in [5.41, 5.74) is 1.78. The second-order valence-electron chi connectivity index (χ2n) is 8.60. The summed E-state index contributed by atoms with van der Waals surface area (Å²) in [6.07, 6.45) is 1.72. The van der Waals surface area contributed by atoms with Crippen molar-refractivity contribution in [3.8, 4) is 5.75 Å². The number of benzene rings is 1. The molecule has 1 aromatic heterocycles. The Kier molecular flexibility index (Phi) is 6.53. The van der Waals surface area contributed by atoms with Crippen LogP contribution in [0.5, 0.6) is 5.75 Å². The van der Waals surface area contributed by atoms with E-state index in [0.717, 1.165) is 18.7 Å². The summed E-state index contributed by atoms with van der Waals surface area (Å²) < 4.78 is 41.6. The highest BCUT2D eigenvalue weighted by atomic mass is 19.4. The summed E-state index contributed by atoms with van der Waals surface area (Å²) in [7, 11) is 0. The molecule has 0 spiro atoms. The quantitative estimate of drug-likeness (QED) is 0.530. The van der Waals surface area contributed by atoms with Gasteiger partial charge < -0.3 is 15.4 Å². The van der Waals surface area contributed by atoms with E-state index in [1.807, 2.05) is 13.8 Å². The number of ether oxygens (including phenoxy) is 1. The van der Waals surface area contributed by atoms with Crippen LogP contribution in [0.1, 0.15) is 58.2 Å². The van der Waals surface area contributed by atoms with Crippen LogP contribution in [-0.4, -0.2) is 33.2 Å². The summed E-state index contributed by atoms with van der Waals surface area (Å²) in [6.45, 7) is 6.04. The number of aliphatic imine (C=N–C) groups is 1. The zero-order chi connectivity index (χ0) is 23.6. The molecule has 1 aromatic carbocycles. The number of rotatable bonds is 7. The summed E-state index contributed by atoms with van der Waals surface area (Å²) >= 11 is 0. The van der Waals surface area contributed by atoms with Crippen LogP contribution < -0.4 is 15.4 Å². The van der Waals surface area contributed by atoms with Gasteiger partial charge in [-0.25, -0.2) is 0 Å². The molecule has 1 fully saturated rings. The van der Waals surface area contributed by atoms with Crippen molar-refractivity contribution in [3.63, 3.8) is 0 Å². The molecular formula is C23H27F3N6O. The molecule has 1 unspecified atom stereocenters. The Hall–Kier alpha value is -3.17. The fourth-order valence-electron chi connectivity index (χ4n) is 3.61. The second-order valence-corrected chi connectivity index (χ2v) is 8.60. The molecule has 0 radical (unpaired) electrons. The topological polar surface area (TPSA) is 84.3 Å². The van der Waals surface area contributed by atoms with Crippen molar-refractivity contribution in [1.29, 1.82) is 0 Å². The Bertz CT molecular complexity index is 1060. The van der Waals surface area contributed by atoms with Gasteiger partial charge in [0.2, 0.25) is 11.9 Å². The second kappa shape index (κ2) is 9.36. The van der Waals surface area contributed by atoms with Crippen LogP contribution in [0.2, 0.25) is 0 Å². The van der Waals surface area contributed by atoms with Crippen LogP contribution in [0.4, 0.5) is 30.8 Å². The minimum atomic E-state index is -4.77. The molecular weight excluding hydrogens is 433 g/mol. The molecule has 1 aliphatic carbocycles. The standard InChI is InChI=1S/C23H27F3N6O/c1-4-16-10-15(14-8-9-14)11-19(27-16)29-22-31-20(13(2)3)30-21(32-22)28-17-6-5-7-18(12-17)33-23(24,25)26/h5-7,11-14,16H,4,8-10H2,1-3H3,(H2,27,28,29,30,31,32). The van der Waals surface area contributed by atoms with Crippen molar-refractivity contribution in [2.75, 3.05) is 10.6 Å². The minimum absolute atomic E-state index is 0.0169. The van der Waals surface area contributed by atoms with Crippen molar-refractivity contribution in [2.45, 2.75) is 64.8 Å². The van der Waals surface area contributed by atoms with E-state index in [0.29, 0.717) is 23.4 Å². The third-order valence-electron chi connectivity index (χ3n) is 5.42. The van der Waals surface area contributed by atoms with Gasteiger partial charge in [-0.1, -0.05) is 32.4 Å². The van der Waals surface area contributed by atoms with Crippen molar-refractivity contribution in [3.05, 3.63) is 41.7 Å². The predicted octanol–water partition coefficient (Wildman–Crippen LogP) is 5.97. The van der Waals surface area contributed by atoms with E-state index < -0.39 is 6.36 Å². The lowest BCUT2D eigenvalue weighted by molar-refractivity contribution is -0.274. The number of halogens is 3. The first kappa shape index (κ1) is 23.0. The van der Waals surface area contributed by atoms with Gasteiger partial charge in [-0.2, -0.15) is 15.0 Å². The molecule has 7 nitrogen and oxygen atoms in total. The Labute approximate surface area is 190 Å². The molecule has 1 atom stereocenters. The molecule has 33 heavy (non-hydrogen) atoms. The molecule has 1 aliphatic heterocycles. The fourth-order valence-corrected chi connectivity index (χ4v) is 3.61. The van der Waals surface area contributed by atoms with E-state index in [2.05, 4.69) is 43.3 Å². The molecule has 2 N–H and O–H groups in total. The largest absolute Gasteiger partial charge is 0.573 e. The fraction of sp³-hybridized carbons (Fsp3) is 0.478. The molecule has 0 saturated heterocycles. The van der Waals surface area contributed by atoms with Gasteiger partial charge in [-0.3, -0.25) is 4.99 Å². The molecule has 2 heterocycles. The number of hydrogen-bond acceptors (Lipinski definition) is 7. The highest BCUT2D eigenvalue weighted by Crippen LogP contribution is 2.40. The van der Waals surface area contributed by atoms with Gasteiger partial charge in [0.15, 0.2) is 0 Å². The highest BCUT2D eigenvalue weighted by Gasteiger charge is 2.31. The molecule has 2 aliphatic rings. The van der Waals surface area contributed by atoms with Crippen molar-refractivity contribution in [2.24, 2.45) is 10.9 Å². The molecule has 176 valence electrons. The van der Waals surface area contributed by atoms with Gasteiger partial charge in [-0.05, 0) is 49.8 Å². The number of aromatic nitrogens is 3. The van der Waals surface area contributed by atoms with E-state index in [-0.39, 0.29) is 23.7 Å². The van der Waals surface area contributed by atoms with Crippen LogP contribution in [0.3, 0.4) is 0 Å². The monoisotopic (exact) mass is 460 g/mol. The minimum Gasteiger partial charge on any atom is -0.406 e. The SMILES string of the molecule is CCC1CC(C2CC2)=CC(Nc2nc(Nc3cccc(OC(F)(F)F)c3)nc(C(C)C)n2)=N1. The Balaban J connectivity index is 1.57. The van der Waals surface area contributed by atoms with Gasteiger partial charge in [-0.15, -0.1) is 13.2 Å². The van der Waals surface area contributed by atoms with E-state index in [1.54, 1.807) is 6.07 Å². The number of anilines is 3. The number of alkyl halides is 3. The maximum Gasteiger partial charge on any atom is 0.573 e. The normalized spacial score (nSPS) is 18.6. The number of nitrogens with zero attached hydrogens (tertiary/aromatic N) is 4. The molecule has 10 heteroatoms. The molecule has 2 aromatic rings. The first-order valence-corrected chi connectivity index (χ1v) is 11.1. The number of dihydropyridines is 1. The summed E-state index contributed by atoms with van der Waals surface area (Å²) in [5, 5.41) is 6.17. The van der Waals surface area contributed by atoms with Gasteiger partial charge in [0.25, 0.3) is 0 Å². The zero-order valence-corrected chi connectivity index (χ0v) is 18.8. The highest BCUT2D eigenvalue weighted by molar-refractivity contribution is 6.04. The van der Waals surface area contributed by atoms with Crippen LogP contribution in [0, 0.1) is 5.92 Å². The predicted molar refractivity (Wildman–Crippen MR) is 121 cm³/mol. The Morgan fingerprint density at radius 1 is 1.09 bits per heavy atom. The number of nitrogens with one attached hydrogen (secondary N) is 2. The molecule has 4 rings (SSSR count). The van der Waals surface area contributed by atoms with E-state index >= 15 is 0 Å². The van der Waals surface area contributed by atoms with E-state index in [4.69, 9.17) is 4.99 Å². The van der Waals surface area contributed by atoms with Crippen LogP contribution >= 0.6 is 0 Å². The zero-order valence-electron chi connectivity index (χ0n) is 18.8. The Morgan fingerprint density at radius 3 is 2.45 bits per heavy atom. The third-order valence-corrected chi connectivity index (χ3v) is 5.42. The molecule has 0 amide bonds. The smallest absolute Gasteiger partial charge is 0.406 e. The van der Waals surface area contributed by atoms with E-state index in [1.165, 1.54) is 36.6 Å². The Morgan fingerprint density at radius 2 is 1.82 bits per heavy atom. The first-order chi connectivity index (χ1) is 15.7. The van der Waals surface area contributed by atoms with Gasteiger partial charge in [0, 0.05) is 17.7 Å². The van der Waals surface area contributed by atoms with Crippen molar-refractivity contribution in [1.82, 2.24) is 15.0 Å². The maximum atomic E-state index is 12.6. The maximum absolute atomic E-state index is 12.6. The number of amidine groups is 1. The van der Waals surface area contributed by atoms with Crippen molar-refractivity contribution < 1.29 is 17.9 Å². The lowest BCUT2D eigenvalue weighted by Crippen LogP contribution is -2.22. The summed E-state index contributed by atoms with van der Waals surface area (Å²) in [5.74, 6) is 2.16. The first-order valence-electron chi connectivity index (χ1n) is 11.1. The average Bonchev–Trinajstić information content (AvgIpc) is 3.58. The van der Waals surface area contributed by atoms with E-state index in [9.17, 15) is 13.2 Å². The van der Waals surface area contributed by atoms with Gasteiger partial charge in [0.05, 0.1) is 6.04 Å². The lowest BCUT2D eigenvalue weighted by Gasteiger charge is -2.21. The van der Waals surface area contributed by atoms with Gasteiger partial charge in [0.1, 0.15) is 17.4 Å². The van der Waals surface area contributed by atoms with Crippen LogP contribution in [0.25, 0.3) is 0 Å². The van der Waals surface area contributed by atoms with Crippen LogP contribution in [-0.2, 0) is 0 Å². The summed E-state index contributed by atoms with van der Waals surface area (Å²) in [4.78, 5) is 18.1. The van der Waals surface area contributed by atoms with Crippen LogP contribution in [0.15, 0.2) is 40.9 Å². The molecule has 0 bridgehead atoms. The average molecular weight is 461 g/mol. The summed E-state index contributed by atoms with van der Waals surface area (Å²) in [6, 6.07) is 5.76. The third kappa shape index (κ3) is 6.43. The number of hydrogen-bond donors (Lipinski definition) is 2. The van der Waals surface area contributed by atoms with Crippen molar-refractivity contribution >= 4 is 23.4 Å².